The Balaban J connectivity index is 2.48. The smallest absolute Gasteiger partial charge is 0.322 e. The summed E-state index contributed by atoms with van der Waals surface area (Å²) >= 11 is 11.2. The van der Waals surface area contributed by atoms with Crippen LogP contribution in [0.2, 0.25) is 10.3 Å². The SMILES string of the molecule is CCOC(=O)C(C=Nc1c(F)cc(F)cc1F)C(=O)c1cc(F)c(Cl)nc1Cl. The van der Waals surface area contributed by atoms with E-state index in [4.69, 9.17) is 27.9 Å². The Morgan fingerprint density at radius 2 is 1.71 bits per heavy atom. The molecule has 11 heteroatoms. The number of carbonyl (C=O) groups excluding carboxylic acids is 2. The van der Waals surface area contributed by atoms with Crippen LogP contribution in [0, 0.1) is 29.2 Å². The molecule has 2 rings (SSSR count). The first-order valence-corrected chi connectivity index (χ1v) is 8.32. The molecule has 1 aromatic heterocycles. The third-order valence-electron chi connectivity index (χ3n) is 3.31. The van der Waals surface area contributed by atoms with Gasteiger partial charge in [0.15, 0.2) is 34.3 Å². The molecule has 0 radical (unpaired) electrons. The molecule has 0 fully saturated rings. The second kappa shape index (κ2) is 9.11. The summed E-state index contributed by atoms with van der Waals surface area (Å²) in [6.07, 6.45) is 0.586. The summed E-state index contributed by atoms with van der Waals surface area (Å²) in [5.74, 6) is -9.04. The molecular weight excluding hydrogens is 427 g/mol. The number of ketones is 1. The zero-order valence-corrected chi connectivity index (χ0v) is 15.5. The van der Waals surface area contributed by atoms with Gasteiger partial charge in [-0.25, -0.2) is 22.5 Å². The number of ether oxygens (including phenoxy) is 1. The number of halogens is 6. The lowest BCUT2D eigenvalue weighted by Crippen LogP contribution is -2.28. The predicted molar refractivity (Wildman–Crippen MR) is 93.1 cm³/mol. The fourth-order valence-electron chi connectivity index (χ4n) is 2.06. The molecule has 0 spiro atoms. The van der Waals surface area contributed by atoms with Crippen LogP contribution in [0.1, 0.15) is 17.3 Å². The van der Waals surface area contributed by atoms with Crippen molar-refractivity contribution >= 4 is 46.9 Å². The summed E-state index contributed by atoms with van der Waals surface area (Å²) in [5.41, 5.74) is -1.46. The molecule has 0 saturated carbocycles. The van der Waals surface area contributed by atoms with E-state index in [0.717, 1.165) is 0 Å². The number of Topliss-reactive ketones (excluding diaryl/α,β-unsaturated/α-hetero) is 1. The number of esters is 1. The molecule has 148 valence electrons. The number of hydrogen-bond acceptors (Lipinski definition) is 5. The summed E-state index contributed by atoms with van der Waals surface area (Å²) in [6, 6.07) is 1.39. The minimum absolute atomic E-state index is 0.128. The van der Waals surface area contributed by atoms with Crippen LogP contribution in [0.15, 0.2) is 23.2 Å². The molecule has 0 N–H and O–H groups in total. The van der Waals surface area contributed by atoms with E-state index in [1.165, 1.54) is 6.92 Å². The number of hydrogen-bond donors (Lipinski definition) is 0. The minimum atomic E-state index is -1.83. The van der Waals surface area contributed by atoms with E-state index in [2.05, 4.69) is 9.98 Å². The average Bonchev–Trinajstić information content (AvgIpc) is 2.60. The fraction of sp³-hybridized carbons (Fsp3) is 0.176. The maximum Gasteiger partial charge on any atom is 0.322 e. The van der Waals surface area contributed by atoms with Crippen LogP contribution in [0.5, 0.6) is 0 Å². The molecule has 1 aromatic carbocycles. The largest absolute Gasteiger partial charge is 0.465 e. The van der Waals surface area contributed by atoms with Gasteiger partial charge in [0.25, 0.3) is 0 Å². The first-order valence-electron chi connectivity index (χ1n) is 7.56. The van der Waals surface area contributed by atoms with Gasteiger partial charge in [0.2, 0.25) is 0 Å². The molecule has 0 aliphatic heterocycles. The predicted octanol–water partition coefficient (Wildman–Crippen LogP) is 4.71. The van der Waals surface area contributed by atoms with Crippen molar-refractivity contribution in [3.8, 4) is 0 Å². The number of rotatable bonds is 6. The average molecular weight is 437 g/mol. The highest BCUT2D eigenvalue weighted by molar-refractivity contribution is 6.36. The summed E-state index contributed by atoms with van der Waals surface area (Å²) in [4.78, 5) is 31.6. The van der Waals surface area contributed by atoms with Crippen molar-refractivity contribution in [1.82, 2.24) is 4.98 Å². The standard InChI is InChI=1S/C17H10Cl2F4N2O3/c1-2-28-17(27)9(6-24-13-10(21)3-7(20)4-11(13)22)14(26)8-5-12(23)16(19)25-15(8)18/h3-6,9H,2H2,1H3. The molecule has 0 aliphatic carbocycles. The van der Waals surface area contributed by atoms with E-state index < -0.39 is 62.5 Å². The zero-order valence-electron chi connectivity index (χ0n) is 14.0. The van der Waals surface area contributed by atoms with Gasteiger partial charge in [0.1, 0.15) is 16.7 Å². The van der Waals surface area contributed by atoms with E-state index >= 15 is 0 Å². The van der Waals surface area contributed by atoms with Crippen LogP contribution in [0.3, 0.4) is 0 Å². The van der Waals surface area contributed by atoms with Crippen LogP contribution in [0.25, 0.3) is 0 Å². The number of aliphatic imine (C=N–C) groups is 1. The van der Waals surface area contributed by atoms with Crippen LogP contribution >= 0.6 is 23.2 Å². The summed E-state index contributed by atoms with van der Waals surface area (Å²) < 4.78 is 58.7. The van der Waals surface area contributed by atoms with E-state index in [9.17, 15) is 27.2 Å². The monoisotopic (exact) mass is 436 g/mol. The molecule has 1 atom stereocenters. The second-order valence-electron chi connectivity index (χ2n) is 5.19. The van der Waals surface area contributed by atoms with Crippen LogP contribution in [0.4, 0.5) is 23.2 Å². The topological polar surface area (TPSA) is 68.6 Å². The molecule has 0 amide bonds. The molecule has 0 aliphatic rings. The first kappa shape index (κ1) is 21.8. The lowest BCUT2D eigenvalue weighted by molar-refractivity contribution is -0.143. The first-order chi connectivity index (χ1) is 13.1. The summed E-state index contributed by atoms with van der Waals surface area (Å²) in [6.45, 7) is 1.32. The number of benzene rings is 1. The van der Waals surface area contributed by atoms with E-state index in [-0.39, 0.29) is 6.61 Å². The molecular formula is C17H10Cl2F4N2O3. The molecule has 1 heterocycles. The third-order valence-corrected chi connectivity index (χ3v) is 3.86. The van der Waals surface area contributed by atoms with Gasteiger partial charge in [0.05, 0.1) is 12.2 Å². The lowest BCUT2D eigenvalue weighted by atomic mass is 10.00. The van der Waals surface area contributed by atoms with Crippen LogP contribution in [-0.4, -0.2) is 29.6 Å². The maximum atomic E-state index is 13.7. The maximum absolute atomic E-state index is 13.7. The molecule has 0 saturated heterocycles. The van der Waals surface area contributed by atoms with Gasteiger partial charge in [0, 0.05) is 18.3 Å². The van der Waals surface area contributed by atoms with Crippen molar-refractivity contribution in [1.29, 1.82) is 0 Å². The molecule has 0 bridgehead atoms. The number of aromatic nitrogens is 1. The van der Waals surface area contributed by atoms with E-state index in [1.54, 1.807) is 0 Å². The van der Waals surface area contributed by atoms with E-state index in [1.807, 2.05) is 0 Å². The van der Waals surface area contributed by atoms with Crippen molar-refractivity contribution in [2.75, 3.05) is 6.61 Å². The van der Waals surface area contributed by atoms with Crippen molar-refractivity contribution in [3.05, 3.63) is 57.3 Å². The quantitative estimate of drug-likeness (QED) is 0.164. The van der Waals surface area contributed by atoms with Gasteiger partial charge in [-0.2, -0.15) is 0 Å². The Bertz CT molecular complexity index is 947. The number of pyridine rings is 1. The highest BCUT2D eigenvalue weighted by Crippen LogP contribution is 2.25. The van der Waals surface area contributed by atoms with Crippen molar-refractivity contribution in [2.24, 2.45) is 10.9 Å². The molecule has 5 nitrogen and oxygen atoms in total. The second-order valence-corrected chi connectivity index (χ2v) is 5.91. The van der Waals surface area contributed by atoms with Crippen molar-refractivity contribution in [3.63, 3.8) is 0 Å². The van der Waals surface area contributed by atoms with Gasteiger partial charge < -0.3 is 4.74 Å². The van der Waals surface area contributed by atoms with Gasteiger partial charge in [-0.05, 0) is 13.0 Å². The minimum Gasteiger partial charge on any atom is -0.465 e. The third kappa shape index (κ3) is 4.85. The van der Waals surface area contributed by atoms with Crippen LogP contribution < -0.4 is 0 Å². The van der Waals surface area contributed by atoms with Crippen LogP contribution in [-0.2, 0) is 9.53 Å². The highest BCUT2D eigenvalue weighted by Gasteiger charge is 2.30. The molecule has 1 unspecified atom stereocenters. The molecule has 28 heavy (non-hydrogen) atoms. The summed E-state index contributed by atoms with van der Waals surface area (Å²) in [7, 11) is 0. The Morgan fingerprint density at radius 1 is 1.11 bits per heavy atom. The number of carbonyl (C=O) groups is 2. The lowest BCUT2D eigenvalue weighted by Gasteiger charge is -2.12. The van der Waals surface area contributed by atoms with Gasteiger partial charge in [-0.1, -0.05) is 23.2 Å². The van der Waals surface area contributed by atoms with Gasteiger partial charge in [-0.3, -0.25) is 14.6 Å². The zero-order chi connectivity index (χ0) is 21.0. The highest BCUT2D eigenvalue weighted by atomic mass is 35.5. The van der Waals surface area contributed by atoms with Crippen molar-refractivity contribution in [2.45, 2.75) is 6.92 Å². The Labute approximate surface area is 165 Å². The fourth-order valence-corrected chi connectivity index (χ4v) is 2.48. The van der Waals surface area contributed by atoms with Gasteiger partial charge >= 0.3 is 5.97 Å². The summed E-state index contributed by atoms with van der Waals surface area (Å²) in [5, 5.41) is -1.10. The Kier molecular flexibility index (Phi) is 7.09. The molecule has 2 aromatic rings. The normalized spacial score (nSPS) is 12.2. The van der Waals surface area contributed by atoms with Gasteiger partial charge in [-0.15, -0.1) is 0 Å². The Morgan fingerprint density at radius 3 is 2.29 bits per heavy atom. The Hall–Kier alpha value is -2.52. The van der Waals surface area contributed by atoms with E-state index in [0.29, 0.717) is 24.4 Å². The van der Waals surface area contributed by atoms with Crippen molar-refractivity contribution < 1.29 is 31.9 Å². The number of nitrogens with zero attached hydrogens (tertiary/aromatic N) is 2.